The first kappa shape index (κ1) is 23.4. The molecule has 3 N–H and O–H groups in total. The Morgan fingerprint density at radius 1 is 1.03 bits per heavy atom. The summed E-state index contributed by atoms with van der Waals surface area (Å²) in [5.74, 6) is -0.698. The lowest BCUT2D eigenvalue weighted by molar-refractivity contribution is -0.137. The smallest absolute Gasteiger partial charge is 0.303 e. The minimum absolute atomic E-state index is 0.127. The number of rotatable bonds is 14. The molecule has 2 saturated heterocycles. The SMILES string of the molecule is CCCCCNC(=O)CC(=O)NC[C@@H]1[C@H](C=CCCCCC(=O)O)[C@@H]2CC[C@H]1O2. The monoisotopic (exact) mass is 408 g/mol. The first-order valence-electron chi connectivity index (χ1n) is 11.1. The van der Waals surface area contributed by atoms with Gasteiger partial charge in [0.25, 0.3) is 0 Å². The zero-order chi connectivity index (χ0) is 21.1. The summed E-state index contributed by atoms with van der Waals surface area (Å²) in [5, 5.41) is 14.4. The van der Waals surface area contributed by atoms with Crippen LogP contribution in [0.15, 0.2) is 12.2 Å². The zero-order valence-electron chi connectivity index (χ0n) is 17.5. The third-order valence-electron chi connectivity index (χ3n) is 5.81. The summed E-state index contributed by atoms with van der Waals surface area (Å²) in [7, 11) is 0. The van der Waals surface area contributed by atoms with Gasteiger partial charge in [-0.15, -0.1) is 0 Å². The predicted octanol–water partition coefficient (Wildman–Crippen LogP) is 2.79. The number of hydrogen-bond donors (Lipinski definition) is 3. The van der Waals surface area contributed by atoms with Crippen molar-refractivity contribution < 1.29 is 24.2 Å². The Hall–Kier alpha value is -1.89. The number of amides is 2. The largest absolute Gasteiger partial charge is 0.481 e. The van der Waals surface area contributed by atoms with Crippen LogP contribution in [0.4, 0.5) is 0 Å². The number of unbranched alkanes of at least 4 members (excludes halogenated alkanes) is 4. The topological polar surface area (TPSA) is 105 Å². The molecular formula is C22H36N2O5. The van der Waals surface area contributed by atoms with Gasteiger partial charge in [-0.05, 0) is 38.5 Å². The summed E-state index contributed by atoms with van der Waals surface area (Å²) in [5.41, 5.74) is 0. The molecule has 2 amide bonds. The second-order valence-electron chi connectivity index (χ2n) is 8.14. The van der Waals surface area contributed by atoms with Crippen LogP contribution in [0.3, 0.4) is 0 Å². The summed E-state index contributed by atoms with van der Waals surface area (Å²) in [4.78, 5) is 34.5. The van der Waals surface area contributed by atoms with Crippen LogP contribution in [-0.2, 0) is 19.1 Å². The molecule has 2 bridgehead atoms. The quantitative estimate of drug-likeness (QED) is 0.233. The number of hydrogen-bond acceptors (Lipinski definition) is 4. The van der Waals surface area contributed by atoms with Crippen molar-refractivity contribution >= 4 is 17.8 Å². The second kappa shape index (κ2) is 12.6. The number of carboxylic acids is 1. The Bertz CT molecular complexity index is 578. The molecule has 2 heterocycles. The molecule has 7 heteroatoms. The highest BCUT2D eigenvalue weighted by molar-refractivity contribution is 5.96. The van der Waals surface area contributed by atoms with Crippen molar-refractivity contribution in [1.29, 1.82) is 0 Å². The molecule has 0 spiro atoms. The molecule has 0 saturated carbocycles. The van der Waals surface area contributed by atoms with Crippen molar-refractivity contribution in [3.63, 3.8) is 0 Å². The summed E-state index contributed by atoms with van der Waals surface area (Å²) in [6.45, 7) is 3.26. The number of carbonyl (C=O) groups is 3. The number of fused-ring (bicyclic) bond motifs is 2. The number of nitrogens with one attached hydrogen (secondary N) is 2. The third-order valence-corrected chi connectivity index (χ3v) is 5.81. The van der Waals surface area contributed by atoms with Gasteiger partial charge in [-0.3, -0.25) is 14.4 Å². The molecule has 2 aliphatic rings. The fraction of sp³-hybridized carbons (Fsp3) is 0.773. The molecule has 2 fully saturated rings. The molecule has 0 aromatic carbocycles. The van der Waals surface area contributed by atoms with Crippen molar-refractivity contribution in [2.24, 2.45) is 11.8 Å². The van der Waals surface area contributed by atoms with Crippen LogP contribution in [0.5, 0.6) is 0 Å². The molecule has 2 rings (SSSR count). The van der Waals surface area contributed by atoms with E-state index in [1.54, 1.807) is 0 Å². The van der Waals surface area contributed by atoms with E-state index in [0.29, 0.717) is 19.5 Å². The Morgan fingerprint density at radius 2 is 1.79 bits per heavy atom. The van der Waals surface area contributed by atoms with Gasteiger partial charge in [0.1, 0.15) is 6.42 Å². The third kappa shape index (κ3) is 8.17. The van der Waals surface area contributed by atoms with Crippen LogP contribution in [0, 0.1) is 11.8 Å². The van der Waals surface area contributed by atoms with Gasteiger partial charge in [0.2, 0.25) is 11.8 Å². The highest BCUT2D eigenvalue weighted by atomic mass is 16.5. The van der Waals surface area contributed by atoms with Crippen molar-refractivity contribution in [2.45, 2.75) is 83.3 Å². The van der Waals surface area contributed by atoms with Gasteiger partial charge >= 0.3 is 5.97 Å². The van der Waals surface area contributed by atoms with E-state index in [2.05, 4.69) is 29.7 Å². The lowest BCUT2D eigenvalue weighted by Crippen LogP contribution is -2.39. The van der Waals surface area contributed by atoms with Gasteiger partial charge in [-0.2, -0.15) is 0 Å². The average Bonchev–Trinajstić information content (AvgIpc) is 3.28. The minimum atomic E-state index is -0.749. The second-order valence-corrected chi connectivity index (χ2v) is 8.14. The number of carboxylic acid groups (broad SMARTS) is 1. The van der Waals surface area contributed by atoms with Gasteiger partial charge in [0.15, 0.2) is 0 Å². The van der Waals surface area contributed by atoms with Crippen molar-refractivity contribution in [3.05, 3.63) is 12.2 Å². The van der Waals surface area contributed by atoms with E-state index < -0.39 is 5.97 Å². The summed E-state index contributed by atoms with van der Waals surface area (Å²) < 4.78 is 6.04. The lowest BCUT2D eigenvalue weighted by atomic mass is 9.79. The molecular weight excluding hydrogens is 372 g/mol. The average molecular weight is 409 g/mol. The summed E-state index contributed by atoms with van der Waals surface area (Å²) in [6.07, 6.45) is 12.4. The normalized spacial score (nSPS) is 25.4. The fourth-order valence-corrected chi connectivity index (χ4v) is 4.24. The maximum absolute atomic E-state index is 12.1. The van der Waals surface area contributed by atoms with Crippen LogP contribution in [-0.4, -0.2) is 48.2 Å². The van der Waals surface area contributed by atoms with Crippen molar-refractivity contribution in [1.82, 2.24) is 10.6 Å². The van der Waals surface area contributed by atoms with Gasteiger partial charge in [0, 0.05) is 31.3 Å². The van der Waals surface area contributed by atoms with E-state index in [-0.39, 0.29) is 48.7 Å². The predicted molar refractivity (Wildman–Crippen MR) is 110 cm³/mol. The molecule has 2 aliphatic heterocycles. The number of carbonyl (C=O) groups excluding carboxylic acids is 2. The summed E-state index contributed by atoms with van der Waals surface area (Å²) >= 11 is 0. The molecule has 4 atom stereocenters. The minimum Gasteiger partial charge on any atom is -0.481 e. The van der Waals surface area contributed by atoms with E-state index in [9.17, 15) is 14.4 Å². The molecule has 0 unspecified atom stereocenters. The molecule has 0 aromatic heterocycles. The zero-order valence-corrected chi connectivity index (χ0v) is 17.5. The highest BCUT2D eigenvalue weighted by Gasteiger charge is 2.47. The molecule has 164 valence electrons. The van der Waals surface area contributed by atoms with Gasteiger partial charge in [-0.1, -0.05) is 31.9 Å². The Balaban J connectivity index is 1.70. The maximum atomic E-state index is 12.1. The summed E-state index contributed by atoms with van der Waals surface area (Å²) in [6, 6.07) is 0. The lowest BCUT2D eigenvalue weighted by Gasteiger charge is -2.26. The fourth-order valence-electron chi connectivity index (χ4n) is 4.24. The first-order valence-corrected chi connectivity index (χ1v) is 11.1. The Kier molecular flexibility index (Phi) is 10.2. The van der Waals surface area contributed by atoms with Crippen LogP contribution in [0.25, 0.3) is 0 Å². The van der Waals surface area contributed by atoms with Crippen LogP contribution >= 0.6 is 0 Å². The molecule has 29 heavy (non-hydrogen) atoms. The van der Waals surface area contributed by atoms with E-state index in [4.69, 9.17) is 9.84 Å². The molecule has 7 nitrogen and oxygen atoms in total. The van der Waals surface area contributed by atoms with Crippen molar-refractivity contribution in [2.75, 3.05) is 13.1 Å². The number of ether oxygens (including phenoxy) is 1. The van der Waals surface area contributed by atoms with Gasteiger partial charge in [-0.25, -0.2) is 0 Å². The standard InChI is InChI=1S/C22H36N2O5/c1-2-3-8-13-23-20(25)14-21(26)24-15-17-16(18-11-12-19(17)29-18)9-6-4-5-7-10-22(27)28/h6,9,16-19H,2-5,7-8,10-15H2,1H3,(H,23,25)(H,24,26)(H,27,28)/t16-,17+,18-,19+/m0/s1. The van der Waals surface area contributed by atoms with Crippen LogP contribution < -0.4 is 10.6 Å². The Labute approximate surface area is 173 Å². The molecule has 0 aromatic rings. The van der Waals surface area contributed by atoms with E-state index >= 15 is 0 Å². The first-order chi connectivity index (χ1) is 14.0. The Morgan fingerprint density at radius 3 is 2.55 bits per heavy atom. The van der Waals surface area contributed by atoms with E-state index in [1.807, 2.05) is 0 Å². The van der Waals surface area contributed by atoms with Crippen LogP contribution in [0.1, 0.15) is 71.1 Å². The molecule has 0 aliphatic carbocycles. The van der Waals surface area contributed by atoms with Gasteiger partial charge in [0.05, 0.1) is 12.2 Å². The number of allylic oxidation sites excluding steroid dienone is 1. The van der Waals surface area contributed by atoms with Gasteiger partial charge < -0.3 is 20.5 Å². The van der Waals surface area contributed by atoms with Crippen LogP contribution in [0.2, 0.25) is 0 Å². The maximum Gasteiger partial charge on any atom is 0.303 e. The highest BCUT2D eigenvalue weighted by Crippen LogP contribution is 2.43. The van der Waals surface area contributed by atoms with Crippen molar-refractivity contribution in [3.8, 4) is 0 Å². The molecule has 0 radical (unpaired) electrons. The number of aliphatic carboxylic acids is 1. The van der Waals surface area contributed by atoms with E-state index in [1.165, 1.54) is 0 Å². The van der Waals surface area contributed by atoms with E-state index in [0.717, 1.165) is 44.9 Å².